The highest BCUT2D eigenvalue weighted by atomic mass is 16.5. The molecule has 0 bridgehead atoms. The Morgan fingerprint density at radius 3 is 2.69 bits per heavy atom. The van der Waals surface area contributed by atoms with E-state index in [1.54, 1.807) is 6.07 Å². The summed E-state index contributed by atoms with van der Waals surface area (Å²) in [5, 5.41) is 8.65. The van der Waals surface area contributed by atoms with Gasteiger partial charge < -0.3 is 9.84 Å². The summed E-state index contributed by atoms with van der Waals surface area (Å²) in [7, 11) is 0. The molecule has 0 aromatic heterocycles. The number of fused-ring (bicyclic) bond motifs is 1. The molecule has 0 fully saturated rings. The summed E-state index contributed by atoms with van der Waals surface area (Å²) in [5.74, 6) is 0.377. The van der Waals surface area contributed by atoms with Crippen molar-refractivity contribution < 1.29 is 14.6 Å². The molecule has 0 spiro atoms. The van der Waals surface area contributed by atoms with Crippen LogP contribution >= 0.6 is 0 Å². The first-order chi connectivity index (χ1) is 7.83. The molecule has 2 rings (SSSR count). The van der Waals surface area contributed by atoms with Gasteiger partial charge in [-0.3, -0.25) is 0 Å². The number of rotatable bonds is 4. The number of allylic oxidation sites excluding steroid dienone is 1. The van der Waals surface area contributed by atoms with Crippen LogP contribution < -0.4 is 0 Å². The number of unbranched alkanes of at least 4 members (excludes halogenated alkanes) is 2. The van der Waals surface area contributed by atoms with Gasteiger partial charge in [-0.1, -0.05) is 18.2 Å². The van der Waals surface area contributed by atoms with E-state index in [1.807, 2.05) is 24.3 Å². The first-order valence-electron chi connectivity index (χ1n) is 5.45. The van der Waals surface area contributed by atoms with Gasteiger partial charge in [0.1, 0.15) is 5.76 Å². The molecule has 1 aliphatic rings. The average Bonchev–Trinajstić information content (AvgIpc) is 2.63. The third kappa shape index (κ3) is 2.14. The van der Waals surface area contributed by atoms with Gasteiger partial charge in [0, 0.05) is 12.2 Å². The van der Waals surface area contributed by atoms with Crippen LogP contribution in [0.5, 0.6) is 0 Å². The lowest BCUT2D eigenvalue weighted by Crippen LogP contribution is -1.92. The van der Waals surface area contributed by atoms with Gasteiger partial charge in [0.25, 0.3) is 0 Å². The number of aliphatic hydroxyl groups is 1. The molecule has 0 radical (unpaired) electrons. The first-order valence-corrected chi connectivity index (χ1v) is 5.45. The van der Waals surface area contributed by atoms with E-state index in [4.69, 9.17) is 9.84 Å². The van der Waals surface area contributed by atoms with E-state index in [1.165, 1.54) is 0 Å². The number of esters is 1. The smallest absolute Gasteiger partial charge is 0.344 e. The van der Waals surface area contributed by atoms with Crippen LogP contribution in [-0.4, -0.2) is 17.7 Å². The molecule has 16 heavy (non-hydrogen) atoms. The van der Waals surface area contributed by atoms with E-state index >= 15 is 0 Å². The van der Waals surface area contributed by atoms with E-state index in [9.17, 15) is 4.79 Å². The first kappa shape index (κ1) is 10.9. The highest BCUT2D eigenvalue weighted by Gasteiger charge is 2.24. The van der Waals surface area contributed by atoms with Gasteiger partial charge in [0.05, 0.1) is 5.56 Å². The van der Waals surface area contributed by atoms with Gasteiger partial charge in [0.2, 0.25) is 0 Å². The largest absolute Gasteiger partial charge is 0.423 e. The van der Waals surface area contributed by atoms with Crippen LogP contribution in [0.1, 0.15) is 35.2 Å². The van der Waals surface area contributed by atoms with Crippen molar-refractivity contribution in [3.05, 3.63) is 41.5 Å². The number of hydrogen-bond acceptors (Lipinski definition) is 3. The van der Waals surface area contributed by atoms with Gasteiger partial charge in [-0.05, 0) is 31.4 Å². The normalized spacial score (nSPS) is 16.3. The van der Waals surface area contributed by atoms with Crippen molar-refractivity contribution in [2.45, 2.75) is 19.3 Å². The molecule has 1 aromatic carbocycles. The summed E-state index contributed by atoms with van der Waals surface area (Å²) in [6.07, 6.45) is 4.41. The van der Waals surface area contributed by atoms with Crippen LogP contribution in [0.15, 0.2) is 30.3 Å². The van der Waals surface area contributed by atoms with Crippen LogP contribution in [0, 0.1) is 0 Å². The van der Waals surface area contributed by atoms with Crippen LogP contribution in [-0.2, 0) is 4.74 Å². The number of cyclic esters (lactones) is 1. The molecular weight excluding hydrogens is 204 g/mol. The van der Waals surface area contributed by atoms with Crippen molar-refractivity contribution in [3.8, 4) is 0 Å². The lowest BCUT2D eigenvalue weighted by Gasteiger charge is -1.98. The van der Waals surface area contributed by atoms with Crippen molar-refractivity contribution in [1.82, 2.24) is 0 Å². The maximum atomic E-state index is 11.5. The zero-order valence-electron chi connectivity index (χ0n) is 8.98. The maximum Gasteiger partial charge on any atom is 0.344 e. The van der Waals surface area contributed by atoms with Crippen molar-refractivity contribution in [1.29, 1.82) is 0 Å². The monoisotopic (exact) mass is 218 g/mol. The van der Waals surface area contributed by atoms with Crippen molar-refractivity contribution in [2.75, 3.05) is 6.61 Å². The summed E-state index contributed by atoms with van der Waals surface area (Å²) in [6, 6.07) is 7.38. The topological polar surface area (TPSA) is 46.5 Å². The third-order valence-electron chi connectivity index (χ3n) is 2.56. The number of aliphatic hydroxyl groups excluding tert-OH is 1. The number of carbonyl (C=O) groups is 1. The van der Waals surface area contributed by atoms with E-state index < -0.39 is 0 Å². The zero-order chi connectivity index (χ0) is 11.4. The molecular formula is C13H14O3. The van der Waals surface area contributed by atoms with Crippen LogP contribution in [0.4, 0.5) is 0 Å². The number of carbonyl (C=O) groups excluding carboxylic acids is 1. The summed E-state index contributed by atoms with van der Waals surface area (Å²) in [6.45, 7) is 0.208. The summed E-state index contributed by atoms with van der Waals surface area (Å²) in [5.41, 5.74) is 1.51. The van der Waals surface area contributed by atoms with Crippen molar-refractivity contribution in [2.24, 2.45) is 0 Å². The molecule has 0 atom stereocenters. The number of ether oxygens (including phenoxy) is 1. The Morgan fingerprint density at radius 1 is 1.19 bits per heavy atom. The van der Waals surface area contributed by atoms with Gasteiger partial charge >= 0.3 is 5.97 Å². The molecule has 84 valence electrons. The lowest BCUT2D eigenvalue weighted by molar-refractivity contribution is 0.0715. The summed E-state index contributed by atoms with van der Waals surface area (Å²) >= 11 is 0. The van der Waals surface area contributed by atoms with E-state index in [-0.39, 0.29) is 12.6 Å². The molecule has 1 aromatic rings. The average molecular weight is 218 g/mol. The van der Waals surface area contributed by atoms with Gasteiger partial charge in [0.15, 0.2) is 0 Å². The summed E-state index contributed by atoms with van der Waals surface area (Å²) in [4.78, 5) is 11.5. The van der Waals surface area contributed by atoms with Crippen molar-refractivity contribution >= 4 is 11.7 Å². The molecule has 1 N–H and O–H groups in total. The second-order valence-electron chi connectivity index (χ2n) is 3.72. The Balaban J connectivity index is 2.11. The van der Waals surface area contributed by atoms with Gasteiger partial charge in [-0.2, -0.15) is 0 Å². The predicted molar refractivity (Wildman–Crippen MR) is 60.8 cm³/mol. The minimum absolute atomic E-state index is 0.208. The second-order valence-corrected chi connectivity index (χ2v) is 3.72. The van der Waals surface area contributed by atoms with Gasteiger partial charge in [-0.25, -0.2) is 4.79 Å². The molecule has 0 saturated carbocycles. The molecule has 3 heteroatoms. The van der Waals surface area contributed by atoms with E-state index in [0.717, 1.165) is 24.8 Å². The fourth-order valence-corrected chi connectivity index (χ4v) is 1.73. The molecule has 3 nitrogen and oxygen atoms in total. The fourth-order valence-electron chi connectivity index (χ4n) is 1.73. The Morgan fingerprint density at radius 2 is 1.94 bits per heavy atom. The Labute approximate surface area is 94.4 Å². The van der Waals surface area contributed by atoms with Gasteiger partial charge in [-0.15, -0.1) is 0 Å². The third-order valence-corrected chi connectivity index (χ3v) is 2.56. The molecule has 1 heterocycles. The Bertz CT molecular complexity index is 421. The standard InChI is InChI=1S/C13H14O3/c14-9-5-1-2-8-12-10-6-3-4-7-11(10)13(15)16-12/h3-4,6-8,14H,1-2,5,9H2/b12-8-. The SMILES string of the molecule is O=C1O/C(=C\CCCCO)c2ccccc21. The second kappa shape index (κ2) is 4.94. The zero-order valence-corrected chi connectivity index (χ0v) is 8.98. The summed E-state index contributed by atoms with van der Waals surface area (Å²) < 4.78 is 5.17. The Hall–Kier alpha value is -1.61. The van der Waals surface area contributed by atoms with Crippen LogP contribution in [0.25, 0.3) is 5.76 Å². The molecule has 0 saturated heterocycles. The number of hydrogen-bond donors (Lipinski definition) is 1. The highest BCUT2D eigenvalue weighted by Crippen LogP contribution is 2.29. The molecule has 0 aliphatic carbocycles. The van der Waals surface area contributed by atoms with E-state index in [2.05, 4.69) is 0 Å². The maximum absolute atomic E-state index is 11.5. The van der Waals surface area contributed by atoms with E-state index in [0.29, 0.717) is 11.3 Å². The quantitative estimate of drug-likeness (QED) is 0.623. The minimum atomic E-state index is -0.274. The molecule has 0 unspecified atom stereocenters. The van der Waals surface area contributed by atoms with Crippen LogP contribution in [0.2, 0.25) is 0 Å². The fraction of sp³-hybridized carbons (Fsp3) is 0.308. The molecule has 0 amide bonds. The van der Waals surface area contributed by atoms with Crippen LogP contribution in [0.3, 0.4) is 0 Å². The Kier molecular flexibility index (Phi) is 3.37. The van der Waals surface area contributed by atoms with Crippen molar-refractivity contribution in [3.63, 3.8) is 0 Å². The highest BCUT2D eigenvalue weighted by molar-refractivity contribution is 6.02. The minimum Gasteiger partial charge on any atom is -0.423 e. The predicted octanol–water partition coefficient (Wildman–Crippen LogP) is 2.36. The number of benzene rings is 1. The lowest BCUT2D eigenvalue weighted by atomic mass is 10.1. The molecule has 1 aliphatic heterocycles.